The Morgan fingerprint density at radius 1 is 0.839 bits per heavy atom. The van der Waals surface area contributed by atoms with Gasteiger partial charge in [-0.3, -0.25) is 14.4 Å². The van der Waals surface area contributed by atoms with Gasteiger partial charge in [-0.05, 0) is 49.2 Å². The molecule has 0 aliphatic heterocycles. The van der Waals surface area contributed by atoms with Crippen LogP contribution in [0.1, 0.15) is 22.8 Å². The number of ether oxygens (including phenoxy) is 1. The number of nitrogens with one attached hydrogen (secondary N) is 2. The van der Waals surface area contributed by atoms with Crippen LogP contribution in [0.5, 0.6) is 0 Å². The smallest absolute Gasteiger partial charge is 0.326 e. The van der Waals surface area contributed by atoms with Crippen LogP contribution in [0, 0.1) is 6.92 Å². The monoisotopic (exact) mass is 416 g/mol. The van der Waals surface area contributed by atoms with E-state index in [1.54, 1.807) is 24.3 Å². The highest BCUT2D eigenvalue weighted by Gasteiger charge is 2.18. The van der Waals surface area contributed by atoms with Crippen molar-refractivity contribution in [3.63, 3.8) is 0 Å². The second kappa shape index (κ2) is 10.2. The molecule has 0 bridgehead atoms. The number of benzene rings is 3. The van der Waals surface area contributed by atoms with Gasteiger partial charge in [-0.2, -0.15) is 0 Å². The maximum Gasteiger partial charge on any atom is 0.326 e. The van der Waals surface area contributed by atoms with Gasteiger partial charge in [0.2, 0.25) is 0 Å². The summed E-state index contributed by atoms with van der Waals surface area (Å²) in [6, 6.07) is 24.2. The molecule has 0 radical (unpaired) electrons. The van der Waals surface area contributed by atoms with Gasteiger partial charge in [0.25, 0.3) is 11.8 Å². The van der Waals surface area contributed by atoms with Gasteiger partial charge in [0, 0.05) is 11.3 Å². The Kier molecular flexibility index (Phi) is 7.17. The first-order chi connectivity index (χ1) is 14.9. The van der Waals surface area contributed by atoms with Crippen molar-refractivity contribution in [1.82, 2.24) is 5.32 Å². The van der Waals surface area contributed by atoms with E-state index in [9.17, 15) is 14.4 Å². The van der Waals surface area contributed by atoms with Crippen LogP contribution in [0.4, 0.5) is 5.69 Å². The van der Waals surface area contributed by atoms with Crippen LogP contribution in [0.25, 0.3) is 11.1 Å². The fourth-order valence-corrected chi connectivity index (χ4v) is 2.87. The summed E-state index contributed by atoms with van der Waals surface area (Å²) >= 11 is 0. The molecule has 0 saturated carbocycles. The summed E-state index contributed by atoms with van der Waals surface area (Å²) in [5, 5.41) is 5.19. The standard InChI is InChI=1S/C25H24N2O4/c1-17-8-14-22(15-9-17)27-24(29)18(2)31-23(28)16-26-25(30)21-12-10-20(11-13-21)19-6-4-3-5-7-19/h3-15,18H,16H2,1-2H3,(H,26,30)(H,27,29)/t18-/m1/s1. The molecule has 2 N–H and O–H groups in total. The zero-order valence-electron chi connectivity index (χ0n) is 17.4. The molecule has 0 saturated heterocycles. The van der Waals surface area contributed by atoms with E-state index in [-0.39, 0.29) is 6.54 Å². The SMILES string of the molecule is Cc1ccc(NC(=O)[C@@H](C)OC(=O)CNC(=O)c2ccc(-c3ccccc3)cc2)cc1. The third-order valence-corrected chi connectivity index (χ3v) is 4.64. The van der Waals surface area contributed by atoms with E-state index < -0.39 is 23.9 Å². The minimum absolute atomic E-state index is 0.332. The van der Waals surface area contributed by atoms with Gasteiger partial charge in [-0.1, -0.05) is 60.2 Å². The summed E-state index contributed by atoms with van der Waals surface area (Å²) in [7, 11) is 0. The summed E-state index contributed by atoms with van der Waals surface area (Å²) in [5.74, 6) is -1.53. The summed E-state index contributed by atoms with van der Waals surface area (Å²) < 4.78 is 5.11. The molecule has 1 atom stereocenters. The lowest BCUT2D eigenvalue weighted by Crippen LogP contribution is -2.35. The van der Waals surface area contributed by atoms with Crippen LogP contribution in [0.15, 0.2) is 78.9 Å². The maximum absolute atomic E-state index is 12.3. The van der Waals surface area contributed by atoms with Crippen molar-refractivity contribution >= 4 is 23.5 Å². The molecule has 3 aromatic carbocycles. The zero-order chi connectivity index (χ0) is 22.2. The zero-order valence-corrected chi connectivity index (χ0v) is 17.4. The van der Waals surface area contributed by atoms with Gasteiger partial charge < -0.3 is 15.4 Å². The highest BCUT2D eigenvalue weighted by molar-refractivity contribution is 5.97. The summed E-state index contributed by atoms with van der Waals surface area (Å²) in [4.78, 5) is 36.5. The Hall–Kier alpha value is -3.93. The van der Waals surface area contributed by atoms with Crippen molar-refractivity contribution in [3.8, 4) is 11.1 Å². The van der Waals surface area contributed by atoms with Crippen LogP contribution in [0.2, 0.25) is 0 Å². The minimum Gasteiger partial charge on any atom is -0.451 e. The third-order valence-electron chi connectivity index (χ3n) is 4.64. The molecule has 6 nitrogen and oxygen atoms in total. The van der Waals surface area contributed by atoms with Crippen molar-refractivity contribution in [1.29, 1.82) is 0 Å². The van der Waals surface area contributed by atoms with E-state index in [0.29, 0.717) is 11.3 Å². The van der Waals surface area contributed by atoms with Crippen molar-refractivity contribution in [2.24, 2.45) is 0 Å². The van der Waals surface area contributed by atoms with Gasteiger partial charge in [0.05, 0.1) is 0 Å². The fourth-order valence-electron chi connectivity index (χ4n) is 2.87. The van der Waals surface area contributed by atoms with Crippen molar-refractivity contribution in [2.45, 2.75) is 20.0 Å². The predicted molar refractivity (Wildman–Crippen MR) is 120 cm³/mol. The lowest BCUT2D eigenvalue weighted by atomic mass is 10.0. The number of esters is 1. The highest BCUT2D eigenvalue weighted by atomic mass is 16.5. The molecule has 3 rings (SSSR count). The van der Waals surface area contributed by atoms with Gasteiger partial charge in [-0.15, -0.1) is 0 Å². The average Bonchev–Trinajstić information content (AvgIpc) is 2.79. The molecule has 0 spiro atoms. The highest BCUT2D eigenvalue weighted by Crippen LogP contribution is 2.19. The van der Waals surface area contributed by atoms with Crippen molar-refractivity contribution in [3.05, 3.63) is 90.0 Å². The number of carbonyl (C=O) groups excluding carboxylic acids is 3. The molecule has 31 heavy (non-hydrogen) atoms. The summed E-state index contributed by atoms with van der Waals surface area (Å²) in [5.41, 5.74) is 4.16. The maximum atomic E-state index is 12.3. The first-order valence-electron chi connectivity index (χ1n) is 9.93. The Balaban J connectivity index is 1.46. The topological polar surface area (TPSA) is 84.5 Å². The normalized spacial score (nSPS) is 11.3. The fraction of sp³-hybridized carbons (Fsp3) is 0.160. The predicted octanol–water partition coefficient (Wildman–Crippen LogP) is 3.96. The Morgan fingerprint density at radius 3 is 2.10 bits per heavy atom. The quantitative estimate of drug-likeness (QED) is 0.571. The second-order valence-corrected chi connectivity index (χ2v) is 7.11. The van der Waals surface area contributed by atoms with Crippen LogP contribution >= 0.6 is 0 Å². The van der Waals surface area contributed by atoms with E-state index in [4.69, 9.17) is 4.74 Å². The number of hydrogen-bond donors (Lipinski definition) is 2. The number of rotatable bonds is 7. The number of anilines is 1. The van der Waals surface area contributed by atoms with Gasteiger partial charge >= 0.3 is 5.97 Å². The summed E-state index contributed by atoms with van der Waals surface area (Å²) in [6.45, 7) is 3.09. The molecular weight excluding hydrogens is 392 g/mol. The molecule has 0 aliphatic carbocycles. The van der Waals surface area contributed by atoms with E-state index in [2.05, 4.69) is 10.6 Å². The average molecular weight is 416 g/mol. The number of carbonyl (C=O) groups is 3. The molecule has 2 amide bonds. The number of amides is 2. The molecule has 0 aromatic heterocycles. The molecular formula is C25H24N2O4. The second-order valence-electron chi connectivity index (χ2n) is 7.11. The van der Waals surface area contributed by atoms with Crippen LogP contribution in [-0.4, -0.2) is 30.4 Å². The number of aryl methyl sites for hydroxylation is 1. The Bertz CT molecular complexity index is 1050. The Morgan fingerprint density at radius 2 is 1.45 bits per heavy atom. The van der Waals surface area contributed by atoms with Crippen LogP contribution < -0.4 is 10.6 Å². The minimum atomic E-state index is -0.990. The molecule has 6 heteroatoms. The van der Waals surface area contributed by atoms with Crippen LogP contribution in [0.3, 0.4) is 0 Å². The lowest BCUT2D eigenvalue weighted by Gasteiger charge is -2.14. The van der Waals surface area contributed by atoms with Gasteiger partial charge in [-0.25, -0.2) is 0 Å². The molecule has 3 aromatic rings. The van der Waals surface area contributed by atoms with Gasteiger partial charge in [0.1, 0.15) is 6.54 Å². The first kappa shape index (κ1) is 21.8. The first-order valence-corrected chi connectivity index (χ1v) is 9.93. The molecule has 0 unspecified atom stereocenters. The van der Waals surface area contributed by atoms with Gasteiger partial charge in [0.15, 0.2) is 6.10 Å². The van der Waals surface area contributed by atoms with Crippen molar-refractivity contribution in [2.75, 3.05) is 11.9 Å². The van der Waals surface area contributed by atoms with E-state index in [1.807, 2.05) is 61.5 Å². The molecule has 0 fully saturated rings. The largest absolute Gasteiger partial charge is 0.451 e. The molecule has 0 heterocycles. The molecule has 158 valence electrons. The van der Waals surface area contributed by atoms with E-state index in [0.717, 1.165) is 16.7 Å². The lowest BCUT2D eigenvalue weighted by molar-refractivity contribution is -0.152. The summed E-state index contributed by atoms with van der Waals surface area (Å²) in [6.07, 6.45) is -0.990. The van der Waals surface area contributed by atoms with Crippen LogP contribution in [-0.2, 0) is 14.3 Å². The van der Waals surface area contributed by atoms with Crippen molar-refractivity contribution < 1.29 is 19.1 Å². The number of hydrogen-bond acceptors (Lipinski definition) is 4. The Labute approximate surface area is 181 Å². The van der Waals surface area contributed by atoms with E-state index in [1.165, 1.54) is 6.92 Å². The molecule has 0 aliphatic rings. The van der Waals surface area contributed by atoms with E-state index >= 15 is 0 Å². The third kappa shape index (κ3) is 6.27.